The number of amides is 2. The summed E-state index contributed by atoms with van der Waals surface area (Å²) in [6.45, 7) is 8.60. The molecular weight excluding hydrogens is 252 g/mol. The molecular formula is C11H28N4O4. The smallest absolute Gasteiger partial charge is 0.343 e. The minimum atomic E-state index is -0.602. The van der Waals surface area contributed by atoms with E-state index in [2.05, 4.69) is 25.5 Å². The van der Waals surface area contributed by atoms with Crippen LogP contribution in [0.5, 0.6) is 0 Å². The molecule has 0 saturated carbocycles. The molecule has 0 saturated heterocycles. The maximum absolute atomic E-state index is 9.71. The van der Waals surface area contributed by atoms with Crippen LogP contribution in [-0.4, -0.2) is 45.7 Å². The van der Waals surface area contributed by atoms with Crippen LogP contribution in [0, 0.1) is 0 Å². The van der Waals surface area contributed by atoms with Gasteiger partial charge in [0.25, 0.3) is 0 Å². The van der Waals surface area contributed by atoms with E-state index < -0.39 is 6.03 Å². The topological polar surface area (TPSA) is 121 Å². The minimum Gasteiger partial charge on any atom is -0.379 e. The Hall–Kier alpha value is -0.930. The van der Waals surface area contributed by atoms with Gasteiger partial charge in [0.2, 0.25) is 0 Å². The van der Waals surface area contributed by atoms with Gasteiger partial charge >= 0.3 is 6.03 Å². The van der Waals surface area contributed by atoms with Crippen molar-refractivity contribution >= 4 is 6.03 Å². The summed E-state index contributed by atoms with van der Waals surface area (Å²) in [5.41, 5.74) is 3.48. The Morgan fingerprint density at radius 3 is 1.32 bits per heavy atom. The van der Waals surface area contributed by atoms with Gasteiger partial charge in [0.1, 0.15) is 0 Å². The van der Waals surface area contributed by atoms with Gasteiger partial charge in [0.15, 0.2) is 0 Å². The highest BCUT2D eigenvalue weighted by molar-refractivity contribution is 5.72. The Morgan fingerprint density at radius 2 is 1.11 bits per heavy atom. The molecule has 0 aliphatic rings. The average Bonchev–Trinajstić information content (AvgIpc) is 2.45. The van der Waals surface area contributed by atoms with E-state index in [1.807, 2.05) is 0 Å². The minimum absolute atomic E-state index is 0.602. The van der Waals surface area contributed by atoms with E-state index in [-0.39, 0.29) is 0 Å². The van der Waals surface area contributed by atoms with Gasteiger partial charge in [-0.25, -0.2) is 16.5 Å². The third-order valence-corrected chi connectivity index (χ3v) is 1.70. The van der Waals surface area contributed by atoms with Gasteiger partial charge in [-0.3, -0.25) is 10.9 Å². The molecule has 0 atom stereocenters. The van der Waals surface area contributed by atoms with Gasteiger partial charge < -0.3 is 14.2 Å². The lowest BCUT2D eigenvalue weighted by Gasteiger charge is -2.05. The molecule has 0 aliphatic carbocycles. The Labute approximate surface area is 115 Å². The van der Waals surface area contributed by atoms with Gasteiger partial charge in [-0.2, -0.15) is 0 Å². The van der Waals surface area contributed by atoms with Crippen molar-refractivity contribution in [3.63, 3.8) is 0 Å². The van der Waals surface area contributed by atoms with Crippen LogP contribution in [0.2, 0.25) is 0 Å². The number of hydrazine groups is 2. The van der Waals surface area contributed by atoms with Crippen molar-refractivity contribution in [3.8, 4) is 0 Å². The number of urea groups is 1. The molecule has 0 bridgehead atoms. The molecule has 6 N–H and O–H groups in total. The molecule has 0 spiro atoms. The lowest BCUT2D eigenvalue weighted by Crippen LogP contribution is -2.43. The quantitative estimate of drug-likeness (QED) is 0.192. The Kier molecular flexibility index (Phi) is 20.8. The highest BCUT2D eigenvalue weighted by Crippen LogP contribution is 1.84. The molecule has 2 amide bonds. The number of hydrogen-bond acceptors (Lipinski definition) is 6. The largest absolute Gasteiger partial charge is 0.379 e. The fourth-order valence-corrected chi connectivity index (χ4v) is 0.872. The average molecular weight is 280 g/mol. The van der Waals surface area contributed by atoms with Gasteiger partial charge in [-0.05, 0) is 12.8 Å². The number of nitrogens with two attached hydrogens (primary N) is 2. The second-order valence-electron chi connectivity index (χ2n) is 3.45. The Bertz CT molecular complexity index is 168. The first-order valence-electron chi connectivity index (χ1n) is 6.43. The van der Waals surface area contributed by atoms with Gasteiger partial charge in [-0.1, -0.05) is 13.8 Å². The summed E-state index contributed by atoms with van der Waals surface area (Å²) in [7, 11) is 0. The predicted octanol–water partition coefficient (Wildman–Crippen LogP) is -0.111. The molecule has 0 rings (SSSR count). The van der Waals surface area contributed by atoms with Crippen molar-refractivity contribution in [3.05, 3.63) is 0 Å². The molecule has 0 radical (unpaired) electrons. The lowest BCUT2D eigenvalue weighted by molar-refractivity contribution is 0.0148. The molecule has 19 heavy (non-hydrogen) atoms. The predicted molar refractivity (Wildman–Crippen MR) is 73.1 cm³/mol. The van der Waals surface area contributed by atoms with E-state index in [0.29, 0.717) is 26.4 Å². The fraction of sp³-hybridized carbons (Fsp3) is 0.909. The number of hydrogen-bond donors (Lipinski definition) is 4. The van der Waals surface area contributed by atoms with Gasteiger partial charge in [-0.15, -0.1) is 0 Å². The van der Waals surface area contributed by atoms with E-state index in [9.17, 15) is 4.79 Å². The monoisotopic (exact) mass is 280 g/mol. The molecule has 0 aliphatic heterocycles. The zero-order chi connectivity index (χ0) is 14.8. The van der Waals surface area contributed by atoms with Crippen molar-refractivity contribution in [1.29, 1.82) is 0 Å². The second-order valence-corrected chi connectivity index (χ2v) is 3.45. The normalized spacial score (nSPS) is 9.47. The Morgan fingerprint density at radius 1 is 0.789 bits per heavy atom. The standard InChI is InChI=1S/C10H22O3.CH6N4O/c1-3-5-11-7-9-13-10-8-12-6-4-2;2-4-1(6)5-3/h3-10H2,1-2H3;2-3H2,(H2,4,5,6). The van der Waals surface area contributed by atoms with Gasteiger partial charge in [0, 0.05) is 13.2 Å². The van der Waals surface area contributed by atoms with Crippen molar-refractivity contribution in [2.75, 3.05) is 39.6 Å². The van der Waals surface area contributed by atoms with E-state index in [4.69, 9.17) is 14.2 Å². The molecule has 0 aromatic rings. The summed E-state index contributed by atoms with van der Waals surface area (Å²) in [4.78, 5) is 9.71. The molecule has 8 nitrogen and oxygen atoms in total. The second kappa shape index (κ2) is 19.4. The summed E-state index contributed by atoms with van der Waals surface area (Å²) >= 11 is 0. The van der Waals surface area contributed by atoms with Crippen LogP contribution in [-0.2, 0) is 14.2 Å². The third-order valence-electron chi connectivity index (χ3n) is 1.70. The number of carbonyl (C=O) groups excluding carboxylic acids is 1. The van der Waals surface area contributed by atoms with Crippen molar-refractivity contribution in [2.45, 2.75) is 26.7 Å². The molecule has 0 heterocycles. The zero-order valence-electron chi connectivity index (χ0n) is 11.9. The first-order valence-corrected chi connectivity index (χ1v) is 6.43. The Balaban J connectivity index is 0. The highest BCUT2D eigenvalue weighted by Gasteiger charge is 1.89. The van der Waals surface area contributed by atoms with Crippen molar-refractivity contribution in [2.24, 2.45) is 11.7 Å². The first-order chi connectivity index (χ1) is 9.22. The van der Waals surface area contributed by atoms with E-state index in [0.717, 1.165) is 26.1 Å². The first kappa shape index (κ1) is 20.4. The van der Waals surface area contributed by atoms with Crippen LogP contribution < -0.4 is 22.5 Å². The maximum atomic E-state index is 9.71. The van der Waals surface area contributed by atoms with Crippen LogP contribution >= 0.6 is 0 Å². The summed E-state index contributed by atoms with van der Waals surface area (Å²) in [5.74, 6) is 9.08. The highest BCUT2D eigenvalue weighted by atomic mass is 16.5. The van der Waals surface area contributed by atoms with Crippen LogP contribution in [0.25, 0.3) is 0 Å². The molecule has 0 aromatic carbocycles. The van der Waals surface area contributed by atoms with Crippen LogP contribution in [0.1, 0.15) is 26.7 Å². The van der Waals surface area contributed by atoms with Crippen LogP contribution in [0.15, 0.2) is 0 Å². The molecule has 0 unspecified atom stereocenters. The maximum Gasteiger partial charge on any atom is 0.343 e. The number of carbonyl (C=O) groups is 1. The summed E-state index contributed by atoms with van der Waals surface area (Å²) in [5, 5.41) is 0. The van der Waals surface area contributed by atoms with Gasteiger partial charge in [0.05, 0.1) is 26.4 Å². The summed E-state index contributed by atoms with van der Waals surface area (Å²) in [6.07, 6.45) is 2.14. The van der Waals surface area contributed by atoms with Crippen molar-refractivity contribution < 1.29 is 19.0 Å². The molecule has 116 valence electrons. The van der Waals surface area contributed by atoms with Crippen LogP contribution in [0.3, 0.4) is 0 Å². The zero-order valence-corrected chi connectivity index (χ0v) is 11.9. The van der Waals surface area contributed by atoms with E-state index >= 15 is 0 Å². The SMILES string of the molecule is CCCOCCOCCOCCC.NNC(=O)NN. The fourth-order valence-electron chi connectivity index (χ4n) is 0.872. The van der Waals surface area contributed by atoms with Crippen molar-refractivity contribution in [1.82, 2.24) is 10.9 Å². The number of nitrogens with one attached hydrogen (secondary N) is 2. The number of ether oxygens (including phenoxy) is 3. The summed E-state index contributed by atoms with van der Waals surface area (Å²) < 4.78 is 15.8. The van der Waals surface area contributed by atoms with Crippen LogP contribution in [0.4, 0.5) is 4.79 Å². The number of rotatable bonds is 10. The van der Waals surface area contributed by atoms with E-state index in [1.165, 1.54) is 0 Å². The summed E-state index contributed by atoms with van der Waals surface area (Å²) in [6, 6.07) is -0.602. The molecule has 0 aromatic heterocycles. The lowest BCUT2D eigenvalue weighted by atomic mass is 10.5. The third kappa shape index (κ3) is 22.7. The molecule has 0 fully saturated rings. The van der Waals surface area contributed by atoms with E-state index in [1.54, 1.807) is 10.9 Å². The molecule has 8 heteroatoms.